The summed E-state index contributed by atoms with van der Waals surface area (Å²) in [5.41, 5.74) is 6.47. The van der Waals surface area contributed by atoms with E-state index in [4.69, 9.17) is 5.73 Å². The Morgan fingerprint density at radius 1 is 1.33 bits per heavy atom. The summed E-state index contributed by atoms with van der Waals surface area (Å²) in [5.74, 6) is 1.46. The van der Waals surface area contributed by atoms with Crippen LogP contribution in [0, 0.1) is 0 Å². The van der Waals surface area contributed by atoms with Crippen LogP contribution in [0.5, 0.6) is 0 Å². The van der Waals surface area contributed by atoms with Gasteiger partial charge >= 0.3 is 0 Å². The van der Waals surface area contributed by atoms with Crippen LogP contribution in [-0.4, -0.2) is 48.2 Å². The average molecular weight is 331 g/mol. The van der Waals surface area contributed by atoms with Crippen molar-refractivity contribution in [2.75, 3.05) is 36.8 Å². The Hall–Kier alpha value is -2.41. The molecule has 2 aromatic heterocycles. The van der Waals surface area contributed by atoms with Gasteiger partial charge in [0.1, 0.15) is 16.9 Å². The summed E-state index contributed by atoms with van der Waals surface area (Å²) in [6.07, 6.45) is 1.80. The van der Waals surface area contributed by atoms with Crippen LogP contribution >= 0.6 is 0 Å². The van der Waals surface area contributed by atoms with Crippen molar-refractivity contribution in [1.82, 2.24) is 15.3 Å². The molecule has 130 valence electrons. The van der Waals surface area contributed by atoms with Crippen LogP contribution in [0.1, 0.15) is 20.8 Å². The van der Waals surface area contributed by atoms with Crippen molar-refractivity contribution in [2.45, 2.75) is 26.4 Å². The van der Waals surface area contributed by atoms with E-state index >= 15 is 0 Å². The minimum absolute atomic E-state index is 0.318. The molecule has 2 aromatic rings. The number of fused-ring (bicyclic) bond motifs is 1. The number of nitrogen functional groups attached to an aromatic ring is 1. The van der Waals surface area contributed by atoms with Gasteiger partial charge < -0.3 is 20.7 Å². The summed E-state index contributed by atoms with van der Waals surface area (Å²) >= 11 is 0. The maximum Gasteiger partial charge on any atom is 0.293 e. The second-order valence-electron chi connectivity index (χ2n) is 6.51. The molecule has 1 saturated heterocycles. The molecule has 1 fully saturated rings. The first kappa shape index (κ1) is 17.9. The van der Waals surface area contributed by atoms with Gasteiger partial charge in [-0.3, -0.25) is 9.78 Å². The summed E-state index contributed by atoms with van der Waals surface area (Å²) < 4.78 is 4.55. The van der Waals surface area contributed by atoms with Gasteiger partial charge in [0, 0.05) is 37.8 Å². The van der Waals surface area contributed by atoms with Gasteiger partial charge in [-0.1, -0.05) is 6.07 Å². The Labute approximate surface area is 142 Å². The molecular formula is C17H25N5O2. The summed E-state index contributed by atoms with van der Waals surface area (Å²) in [6.45, 7) is 9.77. The number of piperazine rings is 1. The van der Waals surface area contributed by atoms with Gasteiger partial charge in [-0.05, 0) is 32.9 Å². The number of nitrogens with one attached hydrogen (secondary N) is 1. The topological polar surface area (TPSA) is 93.4 Å². The zero-order valence-electron chi connectivity index (χ0n) is 14.5. The quantitative estimate of drug-likeness (QED) is 0.807. The van der Waals surface area contributed by atoms with Gasteiger partial charge in [0.15, 0.2) is 5.82 Å². The van der Waals surface area contributed by atoms with Crippen molar-refractivity contribution in [2.24, 2.45) is 0 Å². The molecule has 1 aliphatic rings. The van der Waals surface area contributed by atoms with Gasteiger partial charge in [-0.25, -0.2) is 4.98 Å². The number of ether oxygens (including phenoxy) is 1. The number of anilines is 2. The van der Waals surface area contributed by atoms with Crippen LogP contribution in [0.15, 0.2) is 24.4 Å². The molecule has 0 aliphatic carbocycles. The Kier molecular flexibility index (Phi) is 5.92. The fourth-order valence-corrected chi connectivity index (χ4v) is 2.33. The van der Waals surface area contributed by atoms with Crippen LogP contribution in [0.4, 0.5) is 11.6 Å². The van der Waals surface area contributed by atoms with E-state index in [-0.39, 0.29) is 5.60 Å². The van der Waals surface area contributed by atoms with Crippen LogP contribution in [0.25, 0.3) is 10.9 Å². The van der Waals surface area contributed by atoms with Gasteiger partial charge in [-0.15, -0.1) is 0 Å². The van der Waals surface area contributed by atoms with E-state index in [1.807, 2.05) is 39.0 Å². The lowest BCUT2D eigenvalue weighted by Gasteiger charge is -2.29. The predicted octanol–water partition coefficient (Wildman–Crippen LogP) is 1.58. The molecule has 24 heavy (non-hydrogen) atoms. The number of rotatable bonds is 2. The second-order valence-corrected chi connectivity index (χ2v) is 6.51. The largest absolute Gasteiger partial charge is 0.462 e. The minimum Gasteiger partial charge on any atom is -0.462 e. The highest BCUT2D eigenvalue weighted by Crippen LogP contribution is 2.24. The molecule has 3 heterocycles. The molecule has 0 atom stereocenters. The third-order valence-electron chi connectivity index (χ3n) is 3.41. The smallest absolute Gasteiger partial charge is 0.293 e. The Balaban J connectivity index is 0.000000256. The van der Waals surface area contributed by atoms with E-state index in [1.165, 1.54) is 0 Å². The average Bonchev–Trinajstić information content (AvgIpc) is 2.54. The normalized spacial score (nSPS) is 14.7. The fourth-order valence-electron chi connectivity index (χ4n) is 2.33. The monoisotopic (exact) mass is 331 g/mol. The predicted molar refractivity (Wildman–Crippen MR) is 95.9 cm³/mol. The van der Waals surface area contributed by atoms with E-state index in [1.54, 1.807) is 6.20 Å². The number of nitrogens with two attached hydrogens (primary N) is 1. The number of hydrogen-bond acceptors (Lipinski definition) is 7. The standard InChI is InChI=1S/C12H15N5.C5H10O2/c13-10-8-9-2-1-3-15-11(9)12(16-10)17-6-4-14-5-7-17;1-5(2,3)7-4-6/h1-3,8,14H,4-7H2,(H2,13,16);4H,1-3H3. The molecule has 0 unspecified atom stereocenters. The van der Waals surface area contributed by atoms with Crippen molar-refractivity contribution in [1.29, 1.82) is 0 Å². The highest BCUT2D eigenvalue weighted by molar-refractivity contribution is 5.90. The molecule has 7 heteroatoms. The molecule has 0 radical (unpaired) electrons. The minimum atomic E-state index is -0.318. The van der Waals surface area contributed by atoms with E-state index in [2.05, 4.69) is 24.9 Å². The van der Waals surface area contributed by atoms with Crippen LogP contribution < -0.4 is 16.0 Å². The number of aromatic nitrogens is 2. The van der Waals surface area contributed by atoms with E-state index in [0.29, 0.717) is 12.3 Å². The van der Waals surface area contributed by atoms with E-state index in [9.17, 15) is 4.79 Å². The van der Waals surface area contributed by atoms with Gasteiger partial charge in [0.2, 0.25) is 0 Å². The first-order valence-corrected chi connectivity index (χ1v) is 7.99. The summed E-state index contributed by atoms with van der Waals surface area (Å²) in [7, 11) is 0. The van der Waals surface area contributed by atoms with Gasteiger partial charge in [0.25, 0.3) is 6.47 Å². The van der Waals surface area contributed by atoms with Crippen molar-refractivity contribution in [3.05, 3.63) is 24.4 Å². The molecule has 0 aromatic carbocycles. The first-order valence-electron chi connectivity index (χ1n) is 7.99. The molecule has 1 aliphatic heterocycles. The third kappa shape index (κ3) is 5.06. The highest BCUT2D eigenvalue weighted by atomic mass is 16.5. The number of pyridine rings is 2. The van der Waals surface area contributed by atoms with E-state index < -0.39 is 0 Å². The van der Waals surface area contributed by atoms with Crippen molar-refractivity contribution in [3.63, 3.8) is 0 Å². The first-order chi connectivity index (χ1) is 11.4. The summed E-state index contributed by atoms with van der Waals surface area (Å²) in [4.78, 5) is 20.7. The molecule has 0 bridgehead atoms. The van der Waals surface area contributed by atoms with Crippen LogP contribution in [0.2, 0.25) is 0 Å². The fraction of sp³-hybridized carbons (Fsp3) is 0.471. The van der Waals surface area contributed by atoms with E-state index in [0.717, 1.165) is 42.9 Å². The number of carbonyl (C=O) groups is 1. The molecule has 7 nitrogen and oxygen atoms in total. The van der Waals surface area contributed by atoms with Crippen molar-refractivity contribution in [3.8, 4) is 0 Å². The van der Waals surface area contributed by atoms with Crippen molar-refractivity contribution < 1.29 is 9.53 Å². The number of carbonyl (C=O) groups excluding carboxylic acids is 1. The Bertz CT molecular complexity index is 678. The van der Waals surface area contributed by atoms with Gasteiger partial charge in [-0.2, -0.15) is 0 Å². The maximum absolute atomic E-state index is 9.60. The van der Waals surface area contributed by atoms with Crippen LogP contribution in [0.3, 0.4) is 0 Å². The second kappa shape index (κ2) is 7.92. The molecule has 0 saturated carbocycles. The number of hydrogen-bond donors (Lipinski definition) is 2. The lowest BCUT2D eigenvalue weighted by molar-refractivity contribution is -0.138. The van der Waals surface area contributed by atoms with Crippen molar-refractivity contribution >= 4 is 29.0 Å². The lowest BCUT2D eigenvalue weighted by Crippen LogP contribution is -2.44. The Morgan fingerprint density at radius 2 is 2.04 bits per heavy atom. The summed E-state index contributed by atoms with van der Waals surface area (Å²) in [6, 6.07) is 5.81. The van der Waals surface area contributed by atoms with Crippen LogP contribution in [-0.2, 0) is 9.53 Å². The molecule has 3 rings (SSSR count). The lowest BCUT2D eigenvalue weighted by atomic mass is 10.2. The maximum atomic E-state index is 9.60. The van der Waals surface area contributed by atoms with Gasteiger partial charge in [0.05, 0.1) is 0 Å². The molecule has 0 amide bonds. The zero-order valence-corrected chi connectivity index (χ0v) is 14.5. The summed E-state index contributed by atoms with van der Waals surface area (Å²) in [5, 5.41) is 4.38. The molecule has 3 N–H and O–H groups in total. The third-order valence-corrected chi connectivity index (χ3v) is 3.41. The zero-order chi connectivity index (χ0) is 17.6. The molecular weight excluding hydrogens is 306 g/mol. The Morgan fingerprint density at radius 3 is 2.62 bits per heavy atom. The highest BCUT2D eigenvalue weighted by Gasteiger charge is 2.15. The number of nitrogens with zero attached hydrogens (tertiary/aromatic N) is 3. The SMILES string of the molecule is CC(C)(C)OC=O.Nc1cc2cccnc2c(N2CCNCC2)n1. The molecule has 0 spiro atoms.